The second kappa shape index (κ2) is 8.19. The fourth-order valence-electron chi connectivity index (χ4n) is 2.21. The SMILES string of the molecule is O=C(NCC=COC[C@H]1O[C@@H](n2ccc(=O)[nH]c2=O)C[C@@H]1O)C(F)(F)F. The second-order valence-corrected chi connectivity index (χ2v) is 5.36. The highest BCUT2D eigenvalue weighted by Gasteiger charge is 2.38. The van der Waals surface area contributed by atoms with Gasteiger partial charge in [-0.2, -0.15) is 13.2 Å². The molecule has 1 fully saturated rings. The van der Waals surface area contributed by atoms with Gasteiger partial charge >= 0.3 is 17.8 Å². The first-order valence-corrected chi connectivity index (χ1v) is 7.45. The smallest absolute Gasteiger partial charge is 0.471 e. The number of halogens is 3. The maximum Gasteiger partial charge on any atom is 0.471 e. The average molecular weight is 379 g/mol. The van der Waals surface area contributed by atoms with Gasteiger partial charge in [0.25, 0.3) is 5.56 Å². The van der Waals surface area contributed by atoms with Crippen LogP contribution in [0.2, 0.25) is 0 Å². The fourth-order valence-corrected chi connectivity index (χ4v) is 2.21. The Kier molecular flexibility index (Phi) is 6.21. The third kappa shape index (κ3) is 5.20. The second-order valence-electron chi connectivity index (χ2n) is 5.36. The molecule has 12 heteroatoms. The van der Waals surface area contributed by atoms with Crippen LogP contribution in [-0.4, -0.2) is 52.1 Å². The molecular weight excluding hydrogens is 363 g/mol. The summed E-state index contributed by atoms with van der Waals surface area (Å²) in [5.41, 5.74) is -1.25. The summed E-state index contributed by atoms with van der Waals surface area (Å²) in [6.07, 6.45) is -3.94. The van der Waals surface area contributed by atoms with Gasteiger partial charge in [0.1, 0.15) is 18.9 Å². The average Bonchev–Trinajstić information content (AvgIpc) is 2.90. The number of nitrogens with zero attached hydrogens (tertiary/aromatic N) is 1. The molecule has 9 nitrogen and oxygen atoms in total. The van der Waals surface area contributed by atoms with Gasteiger partial charge in [-0.05, 0) is 6.08 Å². The van der Waals surface area contributed by atoms with E-state index in [0.717, 1.165) is 23.0 Å². The van der Waals surface area contributed by atoms with Crippen LogP contribution in [0.5, 0.6) is 0 Å². The molecule has 0 bridgehead atoms. The van der Waals surface area contributed by atoms with E-state index in [1.165, 1.54) is 6.20 Å². The van der Waals surface area contributed by atoms with Crippen molar-refractivity contribution in [3.8, 4) is 0 Å². The Balaban J connectivity index is 1.78. The Morgan fingerprint density at radius 3 is 2.88 bits per heavy atom. The molecule has 144 valence electrons. The molecule has 1 saturated heterocycles. The van der Waals surface area contributed by atoms with Gasteiger partial charge in [0.2, 0.25) is 0 Å². The number of hydrogen-bond acceptors (Lipinski definition) is 6. The molecule has 2 rings (SSSR count). The van der Waals surface area contributed by atoms with E-state index in [1.54, 1.807) is 5.32 Å². The number of alkyl halides is 3. The lowest BCUT2D eigenvalue weighted by Crippen LogP contribution is -2.36. The van der Waals surface area contributed by atoms with E-state index in [-0.39, 0.29) is 19.6 Å². The fraction of sp³-hybridized carbons (Fsp3) is 0.500. The minimum Gasteiger partial charge on any atom is -0.499 e. The van der Waals surface area contributed by atoms with Crippen LogP contribution in [0.25, 0.3) is 0 Å². The van der Waals surface area contributed by atoms with Crippen LogP contribution in [0.15, 0.2) is 34.2 Å². The number of aromatic nitrogens is 2. The lowest BCUT2D eigenvalue weighted by atomic mass is 10.2. The summed E-state index contributed by atoms with van der Waals surface area (Å²) in [4.78, 5) is 35.3. The van der Waals surface area contributed by atoms with Gasteiger partial charge in [-0.15, -0.1) is 0 Å². The Morgan fingerprint density at radius 1 is 1.50 bits per heavy atom. The third-order valence-electron chi connectivity index (χ3n) is 3.46. The summed E-state index contributed by atoms with van der Waals surface area (Å²) < 4.78 is 47.5. The van der Waals surface area contributed by atoms with Gasteiger partial charge in [0, 0.05) is 25.2 Å². The van der Waals surface area contributed by atoms with Crippen molar-refractivity contribution in [2.45, 2.75) is 31.0 Å². The predicted molar refractivity (Wildman–Crippen MR) is 80.0 cm³/mol. The Labute approximate surface area is 144 Å². The van der Waals surface area contributed by atoms with E-state index in [4.69, 9.17) is 9.47 Å². The number of nitrogens with one attached hydrogen (secondary N) is 2. The summed E-state index contributed by atoms with van der Waals surface area (Å²) in [7, 11) is 0. The number of amides is 1. The summed E-state index contributed by atoms with van der Waals surface area (Å²) in [5, 5.41) is 11.6. The number of aliphatic hydroxyl groups is 1. The number of aromatic amines is 1. The molecule has 1 amide bonds. The molecule has 0 spiro atoms. The molecule has 0 unspecified atom stereocenters. The van der Waals surface area contributed by atoms with Gasteiger partial charge in [-0.3, -0.25) is 19.1 Å². The standard InChI is InChI=1S/C14H16F3N3O6/c15-14(16,17)12(23)18-3-1-5-25-7-9-8(21)6-11(26-9)20-4-2-10(22)19-13(20)24/h1-2,4-5,8-9,11,21H,3,6-7H2,(H,18,23)(H,19,22,24)/t8-,9+,11+/m0/s1. The van der Waals surface area contributed by atoms with Crippen molar-refractivity contribution in [1.82, 2.24) is 14.9 Å². The molecule has 0 radical (unpaired) electrons. The molecule has 26 heavy (non-hydrogen) atoms. The third-order valence-corrected chi connectivity index (χ3v) is 3.46. The maximum absolute atomic E-state index is 11.9. The molecule has 3 N–H and O–H groups in total. The van der Waals surface area contributed by atoms with Gasteiger partial charge in [0.05, 0.1) is 12.4 Å². The quantitative estimate of drug-likeness (QED) is 0.567. The first kappa shape index (κ1) is 19.7. The Bertz CT molecular complexity index is 772. The number of H-pyrrole nitrogens is 1. The molecule has 2 heterocycles. The highest BCUT2D eigenvalue weighted by atomic mass is 19.4. The number of carbonyl (C=O) groups excluding carboxylic acids is 1. The Hall–Kier alpha value is -2.60. The summed E-state index contributed by atoms with van der Waals surface area (Å²) in [6.45, 7) is -0.513. The van der Waals surface area contributed by atoms with Crippen molar-refractivity contribution >= 4 is 5.91 Å². The van der Waals surface area contributed by atoms with E-state index in [0.29, 0.717) is 0 Å². The molecule has 1 aromatic rings. The van der Waals surface area contributed by atoms with Crippen LogP contribution in [0.3, 0.4) is 0 Å². The minimum atomic E-state index is -4.95. The van der Waals surface area contributed by atoms with Crippen molar-refractivity contribution < 1.29 is 32.5 Å². The molecule has 0 aromatic carbocycles. The first-order chi connectivity index (χ1) is 12.2. The minimum absolute atomic E-state index is 0.0886. The molecule has 1 aliphatic rings. The van der Waals surface area contributed by atoms with Crippen LogP contribution < -0.4 is 16.6 Å². The van der Waals surface area contributed by atoms with Crippen LogP contribution in [-0.2, 0) is 14.3 Å². The van der Waals surface area contributed by atoms with Crippen molar-refractivity contribution in [2.24, 2.45) is 0 Å². The van der Waals surface area contributed by atoms with Gasteiger partial charge in [0.15, 0.2) is 0 Å². The topological polar surface area (TPSA) is 123 Å². The molecule has 3 atom stereocenters. The lowest BCUT2D eigenvalue weighted by Gasteiger charge is -2.15. The number of hydrogen-bond donors (Lipinski definition) is 3. The Morgan fingerprint density at radius 2 is 2.23 bits per heavy atom. The predicted octanol–water partition coefficient (Wildman–Crippen LogP) is -0.606. The summed E-state index contributed by atoms with van der Waals surface area (Å²) in [6, 6.07) is 1.14. The van der Waals surface area contributed by atoms with Gasteiger partial charge < -0.3 is 19.9 Å². The zero-order chi connectivity index (χ0) is 19.3. The monoisotopic (exact) mass is 379 g/mol. The van der Waals surface area contributed by atoms with E-state index in [2.05, 4.69) is 4.98 Å². The van der Waals surface area contributed by atoms with Gasteiger partial charge in [-0.1, -0.05) is 0 Å². The molecule has 1 aliphatic heterocycles. The number of aliphatic hydroxyl groups excluding tert-OH is 1. The van der Waals surface area contributed by atoms with Gasteiger partial charge in [-0.25, -0.2) is 4.79 Å². The number of carbonyl (C=O) groups is 1. The van der Waals surface area contributed by atoms with Crippen molar-refractivity contribution in [3.05, 3.63) is 45.4 Å². The summed E-state index contributed by atoms with van der Waals surface area (Å²) >= 11 is 0. The summed E-state index contributed by atoms with van der Waals surface area (Å²) in [5.74, 6) is -2.06. The van der Waals surface area contributed by atoms with Crippen LogP contribution >= 0.6 is 0 Å². The molecule has 1 aromatic heterocycles. The molecule has 0 aliphatic carbocycles. The van der Waals surface area contributed by atoms with Crippen molar-refractivity contribution in [1.29, 1.82) is 0 Å². The number of ether oxygens (including phenoxy) is 2. The maximum atomic E-state index is 11.9. The normalized spacial score (nSPS) is 23.3. The zero-order valence-electron chi connectivity index (χ0n) is 13.2. The van der Waals surface area contributed by atoms with E-state index < -0.39 is 41.8 Å². The van der Waals surface area contributed by atoms with Crippen LogP contribution in [0, 0.1) is 0 Å². The van der Waals surface area contributed by atoms with E-state index in [9.17, 15) is 32.7 Å². The van der Waals surface area contributed by atoms with Crippen molar-refractivity contribution in [3.63, 3.8) is 0 Å². The lowest BCUT2D eigenvalue weighted by molar-refractivity contribution is -0.173. The largest absolute Gasteiger partial charge is 0.499 e. The van der Waals surface area contributed by atoms with Crippen LogP contribution in [0.4, 0.5) is 13.2 Å². The van der Waals surface area contributed by atoms with E-state index in [1.807, 2.05) is 0 Å². The molecular formula is C14H16F3N3O6. The highest BCUT2D eigenvalue weighted by molar-refractivity contribution is 5.81. The van der Waals surface area contributed by atoms with Crippen LogP contribution in [0.1, 0.15) is 12.6 Å². The van der Waals surface area contributed by atoms with Crippen molar-refractivity contribution in [2.75, 3.05) is 13.2 Å². The zero-order valence-corrected chi connectivity index (χ0v) is 13.2. The number of rotatable bonds is 6. The van der Waals surface area contributed by atoms with E-state index >= 15 is 0 Å². The first-order valence-electron chi connectivity index (χ1n) is 7.45. The highest BCUT2D eigenvalue weighted by Crippen LogP contribution is 2.27. The molecule has 0 saturated carbocycles.